The van der Waals surface area contributed by atoms with E-state index in [1.165, 1.54) is 0 Å². The molecule has 0 aliphatic carbocycles. The minimum atomic E-state index is -0.0899. The lowest BCUT2D eigenvalue weighted by Crippen LogP contribution is -2.37. The first-order valence-corrected chi connectivity index (χ1v) is 5.11. The Kier molecular flexibility index (Phi) is 4.93. The lowest BCUT2D eigenvalue weighted by atomic mass is 9.92. The molecule has 0 heterocycles. The van der Waals surface area contributed by atoms with Gasteiger partial charge in [0.05, 0.1) is 11.2 Å². The van der Waals surface area contributed by atoms with Crippen LogP contribution in [-0.2, 0) is 9.47 Å². The molecule has 2 heteroatoms. The molecule has 0 fully saturated rings. The van der Waals surface area contributed by atoms with Crippen molar-refractivity contribution in [3.8, 4) is 0 Å². The van der Waals surface area contributed by atoms with Gasteiger partial charge in [0.15, 0.2) is 0 Å². The van der Waals surface area contributed by atoms with Crippen molar-refractivity contribution in [3.05, 3.63) is 0 Å². The summed E-state index contributed by atoms with van der Waals surface area (Å²) in [4.78, 5) is 0. The molecular weight excluding hydrogens is 164 g/mol. The van der Waals surface area contributed by atoms with E-state index in [1.807, 2.05) is 13.8 Å². The smallest absolute Gasteiger partial charge is 0.0653 e. The molecule has 0 N–H and O–H groups in total. The van der Waals surface area contributed by atoms with Crippen LogP contribution in [0.5, 0.6) is 0 Å². The summed E-state index contributed by atoms with van der Waals surface area (Å²) in [5.41, 5.74) is -0.180. The average molecular weight is 188 g/mol. The van der Waals surface area contributed by atoms with Gasteiger partial charge in [-0.1, -0.05) is 0 Å². The fourth-order valence-electron chi connectivity index (χ4n) is 1.91. The van der Waals surface area contributed by atoms with Crippen LogP contribution in [0.3, 0.4) is 0 Å². The summed E-state index contributed by atoms with van der Waals surface area (Å²) >= 11 is 0. The minimum Gasteiger partial charge on any atom is -0.376 e. The molecule has 0 rings (SSSR count). The Bertz CT molecular complexity index is 123. The van der Waals surface area contributed by atoms with Gasteiger partial charge < -0.3 is 9.47 Å². The highest BCUT2D eigenvalue weighted by atomic mass is 16.5. The fraction of sp³-hybridized carbons (Fsp3) is 1.00. The molecule has 0 aliphatic heterocycles. The zero-order chi connectivity index (χ0) is 10.5. The molecule has 0 bridgehead atoms. The van der Waals surface area contributed by atoms with Crippen molar-refractivity contribution >= 4 is 0 Å². The quantitative estimate of drug-likeness (QED) is 0.638. The maximum atomic E-state index is 5.63. The zero-order valence-corrected chi connectivity index (χ0v) is 9.94. The van der Waals surface area contributed by atoms with E-state index < -0.39 is 0 Å². The first kappa shape index (κ1) is 12.9. The summed E-state index contributed by atoms with van der Waals surface area (Å²) < 4.78 is 11.3. The highest BCUT2D eigenvalue weighted by Gasteiger charge is 2.29. The van der Waals surface area contributed by atoms with Gasteiger partial charge in [0.25, 0.3) is 0 Å². The Morgan fingerprint density at radius 1 is 0.769 bits per heavy atom. The van der Waals surface area contributed by atoms with Gasteiger partial charge in [-0.15, -0.1) is 0 Å². The minimum absolute atomic E-state index is 0.0899. The Morgan fingerprint density at radius 2 is 1.08 bits per heavy atom. The van der Waals surface area contributed by atoms with Crippen molar-refractivity contribution in [1.82, 2.24) is 0 Å². The van der Waals surface area contributed by atoms with E-state index in [9.17, 15) is 0 Å². The third kappa shape index (κ3) is 6.05. The van der Waals surface area contributed by atoms with Gasteiger partial charge in [-0.25, -0.2) is 0 Å². The van der Waals surface area contributed by atoms with E-state index >= 15 is 0 Å². The van der Waals surface area contributed by atoms with E-state index in [-0.39, 0.29) is 11.2 Å². The second-order valence-corrected chi connectivity index (χ2v) is 4.56. The highest BCUT2D eigenvalue weighted by Crippen LogP contribution is 2.25. The van der Waals surface area contributed by atoms with Gasteiger partial charge in [0, 0.05) is 19.6 Å². The van der Waals surface area contributed by atoms with Gasteiger partial charge in [0.1, 0.15) is 0 Å². The summed E-state index contributed by atoms with van der Waals surface area (Å²) in [7, 11) is 0. The van der Waals surface area contributed by atoms with Crippen molar-refractivity contribution < 1.29 is 9.47 Å². The third-order valence-electron chi connectivity index (χ3n) is 1.92. The van der Waals surface area contributed by atoms with Gasteiger partial charge in [-0.05, 0) is 41.5 Å². The van der Waals surface area contributed by atoms with Crippen LogP contribution in [0.15, 0.2) is 0 Å². The number of ether oxygens (including phenoxy) is 2. The SMILES string of the molecule is CCOC(C)(C)CC(C)(C)OCC. The van der Waals surface area contributed by atoms with E-state index in [0.717, 1.165) is 19.6 Å². The predicted molar refractivity (Wildman–Crippen MR) is 56.0 cm³/mol. The third-order valence-corrected chi connectivity index (χ3v) is 1.92. The molecular formula is C11H24O2. The second kappa shape index (κ2) is 4.97. The maximum absolute atomic E-state index is 5.63. The van der Waals surface area contributed by atoms with Crippen molar-refractivity contribution in [1.29, 1.82) is 0 Å². The molecule has 0 unspecified atom stereocenters. The molecule has 0 aromatic heterocycles. The molecule has 0 aromatic carbocycles. The summed E-state index contributed by atoms with van der Waals surface area (Å²) in [6.07, 6.45) is 0.918. The molecule has 0 spiro atoms. The average Bonchev–Trinajstić information content (AvgIpc) is 1.82. The second-order valence-electron chi connectivity index (χ2n) is 4.56. The highest BCUT2D eigenvalue weighted by molar-refractivity contribution is 4.80. The molecule has 0 atom stereocenters. The van der Waals surface area contributed by atoms with Gasteiger partial charge in [-0.2, -0.15) is 0 Å². The fourth-order valence-corrected chi connectivity index (χ4v) is 1.91. The van der Waals surface area contributed by atoms with E-state index in [1.54, 1.807) is 0 Å². The largest absolute Gasteiger partial charge is 0.376 e. The molecule has 2 nitrogen and oxygen atoms in total. The summed E-state index contributed by atoms with van der Waals surface area (Å²) in [6.45, 7) is 14.0. The summed E-state index contributed by atoms with van der Waals surface area (Å²) in [5.74, 6) is 0. The Balaban J connectivity index is 4.07. The van der Waals surface area contributed by atoms with Crippen LogP contribution in [0.4, 0.5) is 0 Å². The van der Waals surface area contributed by atoms with E-state index in [4.69, 9.17) is 9.47 Å². The molecule has 0 saturated heterocycles. The number of hydrogen-bond acceptors (Lipinski definition) is 2. The van der Waals surface area contributed by atoms with E-state index in [2.05, 4.69) is 27.7 Å². The van der Waals surface area contributed by atoms with Crippen LogP contribution in [0.25, 0.3) is 0 Å². The molecule has 0 amide bonds. The summed E-state index contributed by atoms with van der Waals surface area (Å²) in [5, 5.41) is 0. The predicted octanol–water partition coefficient (Wildman–Crippen LogP) is 3.01. The number of hydrogen-bond donors (Lipinski definition) is 0. The first-order chi connectivity index (χ1) is 5.83. The molecule has 0 aliphatic rings. The van der Waals surface area contributed by atoms with Gasteiger partial charge in [-0.3, -0.25) is 0 Å². The van der Waals surface area contributed by atoms with Crippen molar-refractivity contribution in [2.75, 3.05) is 13.2 Å². The number of rotatable bonds is 6. The molecule has 80 valence electrons. The Labute approximate surface area is 82.6 Å². The molecule has 13 heavy (non-hydrogen) atoms. The molecule has 0 saturated carbocycles. The van der Waals surface area contributed by atoms with Crippen LogP contribution in [0.1, 0.15) is 48.0 Å². The van der Waals surface area contributed by atoms with Crippen LogP contribution in [0, 0.1) is 0 Å². The van der Waals surface area contributed by atoms with Crippen LogP contribution in [0.2, 0.25) is 0 Å². The molecule has 0 radical (unpaired) electrons. The monoisotopic (exact) mass is 188 g/mol. The first-order valence-electron chi connectivity index (χ1n) is 5.11. The van der Waals surface area contributed by atoms with E-state index in [0.29, 0.717) is 0 Å². The van der Waals surface area contributed by atoms with Crippen molar-refractivity contribution in [2.24, 2.45) is 0 Å². The standard InChI is InChI=1S/C11H24O2/c1-7-12-10(3,4)9-11(5,6)13-8-2/h7-9H2,1-6H3. The zero-order valence-electron chi connectivity index (χ0n) is 9.94. The van der Waals surface area contributed by atoms with Crippen LogP contribution in [-0.4, -0.2) is 24.4 Å². The van der Waals surface area contributed by atoms with Crippen molar-refractivity contribution in [2.45, 2.75) is 59.2 Å². The van der Waals surface area contributed by atoms with Crippen molar-refractivity contribution in [3.63, 3.8) is 0 Å². The van der Waals surface area contributed by atoms with Gasteiger partial charge >= 0.3 is 0 Å². The lowest BCUT2D eigenvalue weighted by molar-refractivity contribution is -0.0948. The maximum Gasteiger partial charge on any atom is 0.0653 e. The van der Waals surface area contributed by atoms with Crippen LogP contribution >= 0.6 is 0 Å². The Morgan fingerprint density at radius 3 is 1.31 bits per heavy atom. The Hall–Kier alpha value is -0.0800. The topological polar surface area (TPSA) is 18.5 Å². The van der Waals surface area contributed by atoms with Crippen LogP contribution < -0.4 is 0 Å². The molecule has 0 aromatic rings. The lowest BCUT2D eigenvalue weighted by Gasteiger charge is -2.34. The normalized spacial score (nSPS) is 13.4. The summed E-state index contributed by atoms with van der Waals surface area (Å²) in [6, 6.07) is 0. The van der Waals surface area contributed by atoms with Gasteiger partial charge in [0.2, 0.25) is 0 Å².